The number of rotatable bonds is 3. The van der Waals surface area contributed by atoms with Crippen molar-refractivity contribution in [1.29, 1.82) is 0 Å². The summed E-state index contributed by atoms with van der Waals surface area (Å²) in [5.41, 5.74) is -0.278. The zero-order chi connectivity index (χ0) is 15.8. The van der Waals surface area contributed by atoms with Gasteiger partial charge in [0, 0.05) is 11.6 Å². The number of hydrogen-bond acceptors (Lipinski definition) is 2. The zero-order valence-corrected chi connectivity index (χ0v) is 11.4. The second kappa shape index (κ2) is 5.27. The third kappa shape index (κ3) is 3.45. The van der Waals surface area contributed by atoms with E-state index in [1.807, 2.05) is 0 Å². The summed E-state index contributed by atoms with van der Waals surface area (Å²) >= 11 is 0. The van der Waals surface area contributed by atoms with E-state index in [0.29, 0.717) is 4.57 Å². The van der Waals surface area contributed by atoms with Crippen LogP contribution in [0.1, 0.15) is 24.2 Å². The molecule has 5 nitrogen and oxygen atoms in total. The smallest absolute Gasteiger partial charge is 0.350 e. The summed E-state index contributed by atoms with van der Waals surface area (Å²) in [6, 6.07) is 4.01. The van der Waals surface area contributed by atoms with Crippen molar-refractivity contribution in [2.24, 2.45) is 0 Å². The third-order valence-corrected chi connectivity index (χ3v) is 2.79. The van der Waals surface area contributed by atoms with Crippen LogP contribution >= 0.6 is 0 Å². The molecular formula is C13H14F3N3O2. The van der Waals surface area contributed by atoms with Crippen molar-refractivity contribution in [2.45, 2.75) is 32.6 Å². The molecule has 2 rings (SSSR count). The molecule has 0 radical (unpaired) electrons. The molecule has 2 N–H and O–H groups in total. The summed E-state index contributed by atoms with van der Waals surface area (Å²) in [5, 5.41) is 2.67. The van der Waals surface area contributed by atoms with Crippen LogP contribution in [-0.4, -0.2) is 27.7 Å². The SMILES string of the molecule is CC(C)NC(=O)c1ccc2c(c1)[nH]c(=O)n2CC(F)(F)F. The summed E-state index contributed by atoms with van der Waals surface area (Å²) in [6.07, 6.45) is -4.49. The Morgan fingerprint density at radius 3 is 2.62 bits per heavy atom. The normalized spacial score (nSPS) is 12.1. The summed E-state index contributed by atoms with van der Waals surface area (Å²) < 4.78 is 37.9. The van der Waals surface area contributed by atoms with E-state index in [4.69, 9.17) is 0 Å². The van der Waals surface area contributed by atoms with Gasteiger partial charge in [0.05, 0.1) is 11.0 Å². The van der Waals surface area contributed by atoms with E-state index in [0.717, 1.165) is 0 Å². The number of carbonyl (C=O) groups excluding carboxylic acids is 1. The minimum absolute atomic E-state index is 0.0675. The lowest BCUT2D eigenvalue weighted by Crippen LogP contribution is -2.30. The molecule has 0 saturated heterocycles. The summed E-state index contributed by atoms with van der Waals surface area (Å²) in [7, 11) is 0. The molecule has 1 heterocycles. The number of carbonyl (C=O) groups is 1. The minimum atomic E-state index is -4.49. The lowest BCUT2D eigenvalue weighted by Gasteiger charge is -2.09. The first-order chi connectivity index (χ1) is 9.67. The highest BCUT2D eigenvalue weighted by atomic mass is 19.4. The summed E-state index contributed by atoms with van der Waals surface area (Å²) in [5.74, 6) is -0.351. The fraction of sp³-hybridized carbons (Fsp3) is 0.385. The molecule has 21 heavy (non-hydrogen) atoms. The van der Waals surface area contributed by atoms with Crippen molar-refractivity contribution in [3.8, 4) is 0 Å². The fourth-order valence-corrected chi connectivity index (χ4v) is 1.99. The van der Waals surface area contributed by atoms with Gasteiger partial charge in [-0.05, 0) is 32.0 Å². The Bertz CT molecular complexity index is 728. The highest BCUT2D eigenvalue weighted by Crippen LogP contribution is 2.20. The largest absolute Gasteiger partial charge is 0.406 e. The topological polar surface area (TPSA) is 66.9 Å². The average Bonchev–Trinajstić information content (AvgIpc) is 2.62. The first-order valence-electron chi connectivity index (χ1n) is 6.27. The van der Waals surface area contributed by atoms with E-state index < -0.39 is 18.4 Å². The molecule has 0 aliphatic rings. The summed E-state index contributed by atoms with van der Waals surface area (Å²) in [4.78, 5) is 25.7. The van der Waals surface area contributed by atoms with Gasteiger partial charge in [-0.15, -0.1) is 0 Å². The Labute approximate surface area is 117 Å². The van der Waals surface area contributed by atoms with Crippen molar-refractivity contribution in [1.82, 2.24) is 14.9 Å². The maximum Gasteiger partial charge on any atom is 0.406 e. The van der Waals surface area contributed by atoms with Crippen LogP contribution in [0.5, 0.6) is 0 Å². The van der Waals surface area contributed by atoms with E-state index >= 15 is 0 Å². The van der Waals surface area contributed by atoms with Crippen LogP contribution in [0.4, 0.5) is 13.2 Å². The molecule has 0 saturated carbocycles. The van der Waals surface area contributed by atoms with Crippen molar-refractivity contribution in [3.05, 3.63) is 34.2 Å². The van der Waals surface area contributed by atoms with Gasteiger partial charge >= 0.3 is 11.9 Å². The number of imidazole rings is 1. The number of amides is 1. The highest BCUT2D eigenvalue weighted by molar-refractivity contribution is 5.97. The van der Waals surface area contributed by atoms with Gasteiger partial charge in [-0.25, -0.2) is 4.79 Å². The predicted molar refractivity (Wildman–Crippen MR) is 71.2 cm³/mol. The highest BCUT2D eigenvalue weighted by Gasteiger charge is 2.29. The number of fused-ring (bicyclic) bond motifs is 1. The van der Waals surface area contributed by atoms with E-state index in [1.165, 1.54) is 18.2 Å². The molecule has 8 heteroatoms. The number of H-pyrrole nitrogens is 1. The van der Waals surface area contributed by atoms with Crippen LogP contribution in [0.2, 0.25) is 0 Å². The number of nitrogens with zero attached hydrogens (tertiary/aromatic N) is 1. The molecule has 1 aromatic carbocycles. The summed E-state index contributed by atoms with van der Waals surface area (Å²) in [6.45, 7) is 2.21. The Balaban J connectivity index is 2.43. The monoisotopic (exact) mass is 301 g/mol. The number of halogens is 3. The van der Waals surface area contributed by atoms with Crippen LogP contribution in [0.15, 0.2) is 23.0 Å². The second-order valence-corrected chi connectivity index (χ2v) is 4.99. The molecule has 0 unspecified atom stereocenters. The molecule has 1 amide bonds. The Hall–Kier alpha value is -2.25. The van der Waals surface area contributed by atoms with Gasteiger partial charge in [0.1, 0.15) is 6.54 Å². The lowest BCUT2D eigenvalue weighted by molar-refractivity contribution is -0.140. The Morgan fingerprint density at radius 2 is 2.05 bits per heavy atom. The van der Waals surface area contributed by atoms with E-state index in [1.54, 1.807) is 13.8 Å². The number of aromatic amines is 1. The van der Waals surface area contributed by atoms with Gasteiger partial charge in [-0.2, -0.15) is 13.2 Å². The molecule has 0 bridgehead atoms. The molecule has 0 spiro atoms. The number of alkyl halides is 3. The van der Waals surface area contributed by atoms with Crippen LogP contribution < -0.4 is 11.0 Å². The lowest BCUT2D eigenvalue weighted by atomic mass is 10.2. The van der Waals surface area contributed by atoms with Crippen LogP contribution in [-0.2, 0) is 6.54 Å². The quantitative estimate of drug-likeness (QED) is 0.911. The first-order valence-corrected chi connectivity index (χ1v) is 6.27. The number of nitrogens with one attached hydrogen (secondary N) is 2. The van der Waals surface area contributed by atoms with Gasteiger partial charge in [0.2, 0.25) is 0 Å². The number of hydrogen-bond donors (Lipinski definition) is 2. The van der Waals surface area contributed by atoms with Crippen molar-refractivity contribution < 1.29 is 18.0 Å². The number of aromatic nitrogens is 2. The Morgan fingerprint density at radius 1 is 1.38 bits per heavy atom. The molecule has 0 fully saturated rings. The fourth-order valence-electron chi connectivity index (χ4n) is 1.99. The van der Waals surface area contributed by atoms with Gasteiger partial charge in [0.25, 0.3) is 5.91 Å². The van der Waals surface area contributed by atoms with Gasteiger partial charge in [-0.1, -0.05) is 0 Å². The Kier molecular flexibility index (Phi) is 3.80. The van der Waals surface area contributed by atoms with Crippen molar-refractivity contribution in [3.63, 3.8) is 0 Å². The van der Waals surface area contributed by atoms with Gasteiger partial charge < -0.3 is 10.3 Å². The van der Waals surface area contributed by atoms with E-state index in [2.05, 4.69) is 10.3 Å². The third-order valence-electron chi connectivity index (χ3n) is 2.79. The molecule has 0 aliphatic heterocycles. The van der Waals surface area contributed by atoms with E-state index in [-0.39, 0.29) is 28.5 Å². The maximum atomic E-state index is 12.4. The zero-order valence-electron chi connectivity index (χ0n) is 11.4. The standard InChI is InChI=1S/C13H14F3N3O2/c1-7(2)17-11(20)8-3-4-10-9(5-8)18-12(21)19(10)6-13(14,15)16/h3-5,7H,6H2,1-2H3,(H,17,20)(H,18,21). The van der Waals surface area contributed by atoms with Crippen LogP contribution in [0.3, 0.4) is 0 Å². The minimum Gasteiger partial charge on any atom is -0.350 e. The van der Waals surface area contributed by atoms with Crippen LogP contribution in [0.25, 0.3) is 11.0 Å². The second-order valence-electron chi connectivity index (χ2n) is 4.99. The van der Waals surface area contributed by atoms with Crippen molar-refractivity contribution in [2.75, 3.05) is 0 Å². The first kappa shape index (κ1) is 15.1. The average molecular weight is 301 g/mol. The predicted octanol–water partition coefficient (Wildman–Crippen LogP) is 2.03. The molecule has 0 atom stereocenters. The van der Waals surface area contributed by atoms with E-state index in [9.17, 15) is 22.8 Å². The molecule has 2 aromatic rings. The number of benzene rings is 1. The van der Waals surface area contributed by atoms with Crippen LogP contribution in [0, 0.1) is 0 Å². The molecule has 114 valence electrons. The molecular weight excluding hydrogens is 287 g/mol. The molecule has 1 aromatic heterocycles. The molecule has 0 aliphatic carbocycles. The van der Waals surface area contributed by atoms with Gasteiger partial charge in [-0.3, -0.25) is 9.36 Å². The van der Waals surface area contributed by atoms with Gasteiger partial charge in [0.15, 0.2) is 0 Å². The van der Waals surface area contributed by atoms with Crippen molar-refractivity contribution >= 4 is 16.9 Å². The maximum absolute atomic E-state index is 12.4.